The molecule has 3 rings (SSSR count). The number of carbonyl (C=O) groups excluding carboxylic acids is 1. The van der Waals surface area contributed by atoms with Gasteiger partial charge in [0.05, 0.1) is 11.7 Å². The Morgan fingerprint density at radius 3 is 2.62 bits per heavy atom. The van der Waals surface area contributed by atoms with Crippen LogP contribution in [0.1, 0.15) is 50.5 Å². The van der Waals surface area contributed by atoms with Gasteiger partial charge >= 0.3 is 0 Å². The molecule has 1 saturated heterocycles. The van der Waals surface area contributed by atoms with Crippen LogP contribution < -0.4 is 5.32 Å². The van der Waals surface area contributed by atoms with Crippen LogP contribution in [-0.4, -0.2) is 38.3 Å². The van der Waals surface area contributed by atoms with Crippen molar-refractivity contribution in [2.75, 3.05) is 19.6 Å². The first-order chi connectivity index (χ1) is 13.9. The summed E-state index contributed by atoms with van der Waals surface area (Å²) in [6.45, 7) is 1.24. The van der Waals surface area contributed by atoms with Gasteiger partial charge in [0.1, 0.15) is 0 Å². The third kappa shape index (κ3) is 6.20. The first-order valence-corrected chi connectivity index (χ1v) is 12.6. The molecule has 1 aliphatic carbocycles. The van der Waals surface area contributed by atoms with Gasteiger partial charge < -0.3 is 5.32 Å². The van der Waals surface area contributed by atoms with Gasteiger partial charge in [0.25, 0.3) is 0 Å². The molecule has 2 aliphatic rings. The summed E-state index contributed by atoms with van der Waals surface area (Å²) in [6.07, 6.45) is 9.26. The summed E-state index contributed by atoms with van der Waals surface area (Å²) < 4.78 is 27.2. The summed E-state index contributed by atoms with van der Waals surface area (Å²) in [5.41, 5.74) is 1.82. The highest BCUT2D eigenvalue weighted by Crippen LogP contribution is 2.29. The number of nitrogens with one attached hydrogen (secondary N) is 1. The molecule has 1 atom stereocenters. The van der Waals surface area contributed by atoms with Crippen LogP contribution >= 0.6 is 23.2 Å². The average Bonchev–Trinajstić information content (AvgIpc) is 2.72. The first kappa shape index (κ1) is 22.6. The fraction of sp³-hybridized carbons (Fsp3) is 0.571. The van der Waals surface area contributed by atoms with Crippen molar-refractivity contribution < 1.29 is 13.2 Å². The normalized spacial score (nSPS) is 20.9. The summed E-state index contributed by atoms with van der Waals surface area (Å²) in [4.78, 5) is 12.6. The number of halogens is 2. The highest BCUT2D eigenvalue weighted by Gasteiger charge is 2.33. The van der Waals surface area contributed by atoms with E-state index in [1.807, 2.05) is 0 Å². The van der Waals surface area contributed by atoms with E-state index in [4.69, 9.17) is 23.2 Å². The van der Waals surface area contributed by atoms with E-state index in [1.54, 1.807) is 18.2 Å². The maximum absolute atomic E-state index is 12.9. The van der Waals surface area contributed by atoms with Crippen LogP contribution in [0.2, 0.25) is 10.0 Å². The molecule has 1 N–H and O–H groups in total. The Bertz CT molecular complexity index is 850. The Kier molecular flexibility index (Phi) is 8.02. The van der Waals surface area contributed by atoms with Crippen molar-refractivity contribution in [2.45, 2.75) is 50.7 Å². The first-order valence-electron chi connectivity index (χ1n) is 10.2. The number of carbonyl (C=O) groups is 1. The molecule has 29 heavy (non-hydrogen) atoms. The maximum Gasteiger partial charge on any atom is 0.224 e. The van der Waals surface area contributed by atoms with Crippen molar-refractivity contribution >= 4 is 39.1 Å². The van der Waals surface area contributed by atoms with E-state index in [9.17, 15) is 13.2 Å². The molecular weight excluding hydrogens is 431 g/mol. The number of sulfonamides is 1. The van der Waals surface area contributed by atoms with E-state index in [1.165, 1.54) is 22.7 Å². The Labute approximate surface area is 183 Å². The molecule has 0 spiro atoms. The molecule has 0 radical (unpaired) electrons. The topological polar surface area (TPSA) is 66.5 Å². The fourth-order valence-corrected chi connectivity index (χ4v) is 6.34. The van der Waals surface area contributed by atoms with E-state index >= 15 is 0 Å². The van der Waals surface area contributed by atoms with Gasteiger partial charge in [-0.1, -0.05) is 40.9 Å². The number of piperidine rings is 1. The molecule has 1 heterocycles. The average molecular weight is 459 g/mol. The second kappa shape index (κ2) is 10.3. The summed E-state index contributed by atoms with van der Waals surface area (Å²) >= 11 is 12.3. The van der Waals surface area contributed by atoms with Crippen LogP contribution in [0.3, 0.4) is 0 Å². The molecule has 0 aromatic heterocycles. The molecule has 5 nitrogen and oxygen atoms in total. The van der Waals surface area contributed by atoms with Gasteiger partial charge in [-0.3, -0.25) is 4.79 Å². The van der Waals surface area contributed by atoms with Crippen LogP contribution in [0, 0.1) is 5.92 Å². The molecule has 1 unspecified atom stereocenters. The second-order valence-electron chi connectivity index (χ2n) is 7.80. The lowest BCUT2D eigenvalue weighted by atomic mass is 9.96. The van der Waals surface area contributed by atoms with Gasteiger partial charge in [0, 0.05) is 35.2 Å². The van der Waals surface area contributed by atoms with Crippen LogP contribution in [0.5, 0.6) is 0 Å². The van der Waals surface area contributed by atoms with Crippen molar-refractivity contribution in [3.8, 4) is 0 Å². The zero-order chi connectivity index (χ0) is 20.9. The minimum atomic E-state index is -3.61. The lowest BCUT2D eigenvalue weighted by molar-refractivity contribution is -0.126. The smallest absolute Gasteiger partial charge is 0.224 e. The number of amides is 1. The van der Waals surface area contributed by atoms with Gasteiger partial charge in [-0.05, 0) is 57.1 Å². The lowest BCUT2D eigenvalue weighted by Crippen LogP contribution is -2.45. The monoisotopic (exact) mass is 458 g/mol. The molecule has 0 saturated carbocycles. The molecule has 8 heteroatoms. The van der Waals surface area contributed by atoms with Crippen molar-refractivity contribution in [2.24, 2.45) is 5.92 Å². The SMILES string of the molecule is O=C(NCCC1=CCCCC1)C1CCCN(S(=O)(=O)Cc2c(Cl)cccc2Cl)C1. The van der Waals surface area contributed by atoms with Crippen LogP contribution in [0.25, 0.3) is 0 Å². The van der Waals surface area contributed by atoms with Crippen LogP contribution in [0.4, 0.5) is 0 Å². The van der Waals surface area contributed by atoms with E-state index < -0.39 is 10.0 Å². The van der Waals surface area contributed by atoms with E-state index in [-0.39, 0.29) is 24.1 Å². The summed E-state index contributed by atoms with van der Waals surface area (Å²) in [5.74, 6) is -0.633. The van der Waals surface area contributed by atoms with Gasteiger partial charge in [-0.15, -0.1) is 0 Å². The third-order valence-electron chi connectivity index (χ3n) is 5.67. The van der Waals surface area contributed by atoms with Gasteiger partial charge in [0.2, 0.25) is 15.9 Å². The minimum absolute atomic E-state index is 0.0583. The largest absolute Gasteiger partial charge is 0.356 e. The van der Waals surface area contributed by atoms with E-state index in [0.717, 1.165) is 19.3 Å². The fourth-order valence-electron chi connectivity index (χ4n) is 3.98. The van der Waals surface area contributed by atoms with Gasteiger partial charge in [-0.2, -0.15) is 0 Å². The Morgan fingerprint density at radius 1 is 1.17 bits per heavy atom. The van der Waals surface area contributed by atoms with Crippen molar-refractivity contribution in [1.82, 2.24) is 9.62 Å². The number of benzene rings is 1. The highest BCUT2D eigenvalue weighted by molar-refractivity contribution is 7.88. The van der Waals surface area contributed by atoms with Crippen LogP contribution in [-0.2, 0) is 20.6 Å². The Morgan fingerprint density at radius 2 is 1.93 bits per heavy atom. The molecule has 1 amide bonds. The number of allylic oxidation sites excluding steroid dienone is 1. The minimum Gasteiger partial charge on any atom is -0.356 e. The number of hydrogen-bond donors (Lipinski definition) is 1. The molecule has 1 aromatic carbocycles. The van der Waals surface area contributed by atoms with Gasteiger partial charge in [-0.25, -0.2) is 12.7 Å². The van der Waals surface area contributed by atoms with Crippen molar-refractivity contribution in [3.05, 3.63) is 45.5 Å². The zero-order valence-electron chi connectivity index (χ0n) is 16.5. The second-order valence-corrected chi connectivity index (χ2v) is 10.6. The van der Waals surface area contributed by atoms with E-state index in [0.29, 0.717) is 41.5 Å². The Hall–Kier alpha value is -1.08. The van der Waals surface area contributed by atoms with E-state index in [2.05, 4.69) is 11.4 Å². The Balaban J connectivity index is 1.56. The molecular formula is C21H28Cl2N2O3S. The highest BCUT2D eigenvalue weighted by atomic mass is 35.5. The van der Waals surface area contributed by atoms with Crippen LogP contribution in [0.15, 0.2) is 29.8 Å². The summed E-state index contributed by atoms with van der Waals surface area (Å²) in [6, 6.07) is 4.95. The quantitative estimate of drug-likeness (QED) is 0.609. The molecule has 1 aliphatic heterocycles. The molecule has 0 bridgehead atoms. The molecule has 1 fully saturated rings. The maximum atomic E-state index is 12.9. The standard InChI is InChI=1S/C21H28Cl2N2O3S/c22-19-9-4-10-20(23)18(19)15-29(27,28)25-13-5-8-17(14-25)21(26)24-12-11-16-6-2-1-3-7-16/h4,6,9-10,17H,1-3,5,7-8,11-15H2,(H,24,26). The van der Waals surface area contributed by atoms with Crippen molar-refractivity contribution in [1.29, 1.82) is 0 Å². The predicted molar refractivity (Wildman–Crippen MR) is 118 cm³/mol. The molecule has 1 aromatic rings. The van der Waals surface area contributed by atoms with Gasteiger partial charge in [0.15, 0.2) is 0 Å². The third-order valence-corrected chi connectivity index (χ3v) is 8.15. The zero-order valence-corrected chi connectivity index (χ0v) is 18.8. The lowest BCUT2D eigenvalue weighted by Gasteiger charge is -2.31. The summed E-state index contributed by atoms with van der Waals surface area (Å²) in [7, 11) is -3.61. The predicted octanol–water partition coefficient (Wildman–Crippen LogP) is 4.54. The number of hydrogen-bond acceptors (Lipinski definition) is 3. The number of nitrogens with zero attached hydrogens (tertiary/aromatic N) is 1. The molecule has 160 valence electrons. The van der Waals surface area contributed by atoms with Crippen molar-refractivity contribution in [3.63, 3.8) is 0 Å². The summed E-state index contributed by atoms with van der Waals surface area (Å²) in [5, 5.41) is 3.67. The number of rotatable bonds is 7.